The van der Waals surface area contributed by atoms with E-state index in [2.05, 4.69) is 9.97 Å². The molecule has 0 saturated heterocycles. The molecule has 0 radical (unpaired) electrons. The maximum absolute atomic E-state index is 12.1. The number of hydrogen-bond acceptors (Lipinski definition) is 4. The van der Waals surface area contributed by atoms with Crippen LogP contribution in [0.5, 0.6) is 11.5 Å². The third-order valence-corrected chi connectivity index (χ3v) is 3.76. The molecule has 1 aromatic carbocycles. The Morgan fingerprint density at radius 3 is 2.29 bits per heavy atom. The molecule has 0 spiro atoms. The van der Waals surface area contributed by atoms with E-state index in [1.807, 2.05) is 12.1 Å². The first-order valence-electron chi connectivity index (χ1n) is 6.96. The lowest BCUT2D eigenvalue weighted by atomic mass is 10.1. The average molecular weight is 286 g/mol. The number of nitrogens with zero attached hydrogens (tertiary/aromatic N) is 1. The molecule has 0 aliphatic heterocycles. The van der Waals surface area contributed by atoms with Crippen molar-refractivity contribution in [1.82, 2.24) is 9.97 Å². The van der Waals surface area contributed by atoms with Crippen molar-refractivity contribution in [2.45, 2.75) is 25.7 Å². The van der Waals surface area contributed by atoms with Gasteiger partial charge in [0.25, 0.3) is 5.56 Å². The maximum atomic E-state index is 12.1. The molecule has 1 heterocycles. The molecular formula is C16H18N2O3. The minimum atomic E-state index is -0.0799. The smallest absolute Gasteiger partial charge is 0.254 e. The zero-order chi connectivity index (χ0) is 15.0. The number of benzene rings is 1. The highest BCUT2D eigenvalue weighted by Crippen LogP contribution is 2.38. The van der Waals surface area contributed by atoms with Crippen LogP contribution in [-0.2, 0) is 0 Å². The molecule has 110 valence electrons. The Hall–Kier alpha value is -2.30. The van der Waals surface area contributed by atoms with E-state index in [1.165, 1.54) is 0 Å². The van der Waals surface area contributed by atoms with Crippen molar-refractivity contribution >= 4 is 0 Å². The highest BCUT2D eigenvalue weighted by molar-refractivity contribution is 5.66. The molecule has 1 aliphatic rings. The number of hydrogen-bond donors (Lipinski definition) is 1. The SMILES string of the molecule is COc1cc(OC)cc(-c2nc(C3CC3)[nH]c(=O)c2C)c1. The number of rotatable bonds is 4. The largest absolute Gasteiger partial charge is 0.497 e. The first kappa shape index (κ1) is 13.7. The predicted octanol–water partition coefficient (Wildman–Crippen LogP) is 2.64. The van der Waals surface area contributed by atoms with E-state index in [-0.39, 0.29) is 5.56 Å². The summed E-state index contributed by atoms with van der Waals surface area (Å²) in [5.74, 6) is 2.53. The second-order valence-electron chi connectivity index (χ2n) is 5.30. The lowest BCUT2D eigenvalue weighted by Gasteiger charge is -2.11. The maximum Gasteiger partial charge on any atom is 0.254 e. The van der Waals surface area contributed by atoms with Crippen LogP contribution in [0.3, 0.4) is 0 Å². The standard InChI is InChI=1S/C16H18N2O3/c1-9-14(17-15(10-4-5-10)18-16(9)19)11-6-12(20-2)8-13(7-11)21-3/h6-8,10H,4-5H2,1-3H3,(H,17,18,19). The molecular weight excluding hydrogens is 268 g/mol. The number of H-pyrrole nitrogens is 1. The summed E-state index contributed by atoms with van der Waals surface area (Å²) in [5.41, 5.74) is 2.05. The zero-order valence-electron chi connectivity index (χ0n) is 12.4. The van der Waals surface area contributed by atoms with E-state index in [4.69, 9.17) is 9.47 Å². The molecule has 1 fully saturated rings. The molecule has 5 nitrogen and oxygen atoms in total. The van der Waals surface area contributed by atoms with Gasteiger partial charge in [0.1, 0.15) is 17.3 Å². The molecule has 0 unspecified atom stereocenters. The molecule has 0 amide bonds. The van der Waals surface area contributed by atoms with Crippen molar-refractivity contribution in [3.63, 3.8) is 0 Å². The van der Waals surface area contributed by atoms with Crippen molar-refractivity contribution in [3.8, 4) is 22.8 Å². The fraction of sp³-hybridized carbons (Fsp3) is 0.375. The van der Waals surface area contributed by atoms with Crippen LogP contribution in [-0.4, -0.2) is 24.2 Å². The van der Waals surface area contributed by atoms with Crippen LogP contribution >= 0.6 is 0 Å². The Morgan fingerprint density at radius 1 is 1.14 bits per heavy atom. The summed E-state index contributed by atoms with van der Waals surface area (Å²) in [4.78, 5) is 19.6. The summed E-state index contributed by atoms with van der Waals surface area (Å²) in [6, 6.07) is 5.54. The van der Waals surface area contributed by atoms with Gasteiger partial charge in [-0.1, -0.05) is 0 Å². The molecule has 21 heavy (non-hydrogen) atoms. The van der Waals surface area contributed by atoms with Crippen LogP contribution in [0.1, 0.15) is 30.1 Å². The average Bonchev–Trinajstić information content (AvgIpc) is 3.34. The molecule has 2 aromatic rings. The third-order valence-electron chi connectivity index (χ3n) is 3.76. The molecule has 1 aromatic heterocycles. The summed E-state index contributed by atoms with van der Waals surface area (Å²) in [6.07, 6.45) is 2.18. The second-order valence-corrected chi connectivity index (χ2v) is 5.30. The number of nitrogens with one attached hydrogen (secondary N) is 1. The third kappa shape index (κ3) is 2.63. The highest BCUT2D eigenvalue weighted by atomic mass is 16.5. The van der Waals surface area contributed by atoms with Gasteiger partial charge in [0.05, 0.1) is 19.9 Å². The monoisotopic (exact) mass is 286 g/mol. The predicted molar refractivity (Wildman–Crippen MR) is 80.1 cm³/mol. The Labute approximate surface area is 123 Å². The van der Waals surface area contributed by atoms with Crippen molar-refractivity contribution < 1.29 is 9.47 Å². The van der Waals surface area contributed by atoms with Crippen LogP contribution in [0.15, 0.2) is 23.0 Å². The summed E-state index contributed by atoms with van der Waals surface area (Å²) in [7, 11) is 3.21. The van der Waals surface area contributed by atoms with Crippen molar-refractivity contribution in [3.05, 3.63) is 39.9 Å². The minimum Gasteiger partial charge on any atom is -0.497 e. The number of aromatic nitrogens is 2. The lowest BCUT2D eigenvalue weighted by Crippen LogP contribution is -2.15. The second kappa shape index (κ2) is 5.24. The van der Waals surface area contributed by atoms with Crippen LogP contribution in [0.4, 0.5) is 0 Å². The summed E-state index contributed by atoms with van der Waals surface area (Å²) < 4.78 is 10.6. The Kier molecular flexibility index (Phi) is 3.41. The summed E-state index contributed by atoms with van der Waals surface area (Å²) in [6.45, 7) is 1.78. The summed E-state index contributed by atoms with van der Waals surface area (Å²) in [5, 5.41) is 0. The van der Waals surface area contributed by atoms with E-state index in [0.29, 0.717) is 28.7 Å². The van der Waals surface area contributed by atoms with Gasteiger partial charge < -0.3 is 14.5 Å². The van der Waals surface area contributed by atoms with Crippen LogP contribution in [0.25, 0.3) is 11.3 Å². The zero-order valence-corrected chi connectivity index (χ0v) is 12.4. The highest BCUT2D eigenvalue weighted by Gasteiger charge is 2.27. The fourth-order valence-electron chi connectivity index (χ4n) is 2.33. The topological polar surface area (TPSA) is 64.2 Å². The quantitative estimate of drug-likeness (QED) is 0.938. The van der Waals surface area contributed by atoms with E-state index < -0.39 is 0 Å². The molecule has 5 heteroatoms. The van der Waals surface area contributed by atoms with Gasteiger partial charge in [-0.15, -0.1) is 0 Å². The van der Waals surface area contributed by atoms with Gasteiger partial charge >= 0.3 is 0 Å². The normalized spacial score (nSPS) is 14.0. The molecule has 1 saturated carbocycles. The van der Waals surface area contributed by atoms with Gasteiger partial charge in [0.15, 0.2) is 0 Å². The van der Waals surface area contributed by atoms with Crippen LogP contribution in [0.2, 0.25) is 0 Å². The Bertz CT molecular complexity index is 711. The van der Waals surface area contributed by atoms with Crippen molar-refractivity contribution in [2.75, 3.05) is 14.2 Å². The van der Waals surface area contributed by atoms with E-state index in [1.54, 1.807) is 27.2 Å². The van der Waals surface area contributed by atoms with Gasteiger partial charge in [-0.05, 0) is 31.9 Å². The van der Waals surface area contributed by atoms with Crippen LogP contribution in [0, 0.1) is 6.92 Å². The molecule has 1 N–H and O–H groups in total. The Balaban J connectivity index is 2.17. The van der Waals surface area contributed by atoms with Gasteiger partial charge in [-0.3, -0.25) is 4.79 Å². The van der Waals surface area contributed by atoms with Gasteiger partial charge in [-0.2, -0.15) is 0 Å². The van der Waals surface area contributed by atoms with Gasteiger partial charge in [0.2, 0.25) is 0 Å². The van der Waals surface area contributed by atoms with Crippen LogP contribution < -0.4 is 15.0 Å². The van der Waals surface area contributed by atoms with Gasteiger partial charge in [-0.25, -0.2) is 4.98 Å². The van der Waals surface area contributed by atoms with Crippen molar-refractivity contribution in [2.24, 2.45) is 0 Å². The molecule has 0 bridgehead atoms. The number of ether oxygens (including phenoxy) is 2. The minimum absolute atomic E-state index is 0.0799. The van der Waals surface area contributed by atoms with E-state index >= 15 is 0 Å². The molecule has 0 atom stereocenters. The van der Waals surface area contributed by atoms with E-state index in [9.17, 15) is 4.79 Å². The number of aromatic amines is 1. The van der Waals surface area contributed by atoms with E-state index in [0.717, 1.165) is 24.2 Å². The number of methoxy groups -OCH3 is 2. The molecule has 1 aliphatic carbocycles. The fourth-order valence-corrected chi connectivity index (χ4v) is 2.33. The first-order valence-corrected chi connectivity index (χ1v) is 6.96. The Morgan fingerprint density at radius 2 is 1.76 bits per heavy atom. The molecule has 3 rings (SSSR count). The first-order chi connectivity index (χ1) is 10.1. The van der Waals surface area contributed by atoms with Crippen molar-refractivity contribution in [1.29, 1.82) is 0 Å². The summed E-state index contributed by atoms with van der Waals surface area (Å²) >= 11 is 0. The van der Waals surface area contributed by atoms with Gasteiger partial charge in [0, 0.05) is 23.1 Å². The lowest BCUT2D eigenvalue weighted by molar-refractivity contribution is 0.394.